The van der Waals surface area contributed by atoms with Crippen LogP contribution in [0.2, 0.25) is 0 Å². The van der Waals surface area contributed by atoms with Gasteiger partial charge in [-0.1, -0.05) is 26.0 Å². The van der Waals surface area contributed by atoms with E-state index in [9.17, 15) is 4.79 Å². The Kier molecular flexibility index (Phi) is 5.52. The van der Waals surface area contributed by atoms with Gasteiger partial charge in [-0.2, -0.15) is 5.10 Å². The molecule has 4 aliphatic rings. The summed E-state index contributed by atoms with van der Waals surface area (Å²) >= 11 is 0. The summed E-state index contributed by atoms with van der Waals surface area (Å²) in [5, 5.41) is 8.64. The first kappa shape index (κ1) is 23.3. The summed E-state index contributed by atoms with van der Waals surface area (Å²) in [4.78, 5) is 19.5. The molecule has 1 N–H and O–H groups in total. The minimum Gasteiger partial charge on any atom is -0.316 e. The highest BCUT2D eigenvalue weighted by Crippen LogP contribution is 2.46. The van der Waals surface area contributed by atoms with E-state index in [1.54, 1.807) is 17.0 Å². The summed E-state index contributed by atoms with van der Waals surface area (Å²) in [7, 11) is 1.90. The van der Waals surface area contributed by atoms with Crippen molar-refractivity contribution in [3.05, 3.63) is 54.0 Å². The van der Waals surface area contributed by atoms with Crippen molar-refractivity contribution in [3.63, 3.8) is 0 Å². The van der Waals surface area contributed by atoms with E-state index in [-0.39, 0.29) is 11.7 Å². The Morgan fingerprint density at radius 3 is 2.44 bits per heavy atom. The topological polar surface area (TPSA) is 62.5 Å². The van der Waals surface area contributed by atoms with Gasteiger partial charge in [-0.3, -0.25) is 19.4 Å². The fourth-order valence-electron chi connectivity index (χ4n) is 5.08. The zero-order chi connectivity index (χ0) is 25.1. The second-order valence-electron chi connectivity index (χ2n) is 11.6. The van der Waals surface area contributed by atoms with E-state index >= 15 is 4.39 Å². The molecule has 7 rings (SSSR count). The molecule has 1 unspecified atom stereocenters. The van der Waals surface area contributed by atoms with Crippen LogP contribution in [0.1, 0.15) is 51.5 Å². The molecule has 7 heteroatoms. The number of carbonyl (C=O) groups excluding carboxylic acids is 1. The van der Waals surface area contributed by atoms with Crippen LogP contribution in [0.3, 0.4) is 0 Å². The molecule has 1 amide bonds. The van der Waals surface area contributed by atoms with E-state index in [2.05, 4.69) is 24.3 Å². The van der Waals surface area contributed by atoms with Crippen LogP contribution in [0.15, 0.2) is 47.6 Å². The lowest BCUT2D eigenvalue weighted by Gasteiger charge is -2.23. The number of rotatable bonds is 4. The Bertz CT molecular complexity index is 1360. The summed E-state index contributed by atoms with van der Waals surface area (Å²) in [6.07, 6.45) is 7.27. The third-order valence-corrected chi connectivity index (χ3v) is 8.09. The average Bonchev–Trinajstić information content (AvgIpc) is 3.63. The van der Waals surface area contributed by atoms with Crippen molar-refractivity contribution < 1.29 is 9.18 Å². The molecule has 2 saturated carbocycles. The number of aromatic nitrogens is 2. The Morgan fingerprint density at radius 1 is 1.08 bits per heavy atom. The van der Waals surface area contributed by atoms with Crippen molar-refractivity contribution in [2.24, 2.45) is 23.4 Å². The number of aliphatic imine (C=N–C) groups is 1. The number of carbonyl (C=O) groups is 1. The standard InChI is InChI=1S/C24H24FN5O.C5H10/c1-29-21-5-3-16(10-18(21)13-27-29)17-2-4-19(20(25)11-17)22-28-24(7-8-24)23(31)30(22)14-15-6-9-26-12-15;1-5(2)3-4-5/h2-5,10-11,13,15,26H,6-9,12,14H2,1H3;3-4H2,1-2H3. The van der Waals surface area contributed by atoms with Crippen molar-refractivity contribution in [2.45, 2.75) is 51.5 Å². The van der Waals surface area contributed by atoms with E-state index in [1.807, 2.05) is 42.2 Å². The monoisotopic (exact) mass is 487 g/mol. The fraction of sp³-hybridized carbons (Fsp3) is 0.483. The maximum absolute atomic E-state index is 15.3. The van der Waals surface area contributed by atoms with Crippen LogP contribution < -0.4 is 5.32 Å². The molecule has 6 nitrogen and oxygen atoms in total. The van der Waals surface area contributed by atoms with E-state index in [0.29, 0.717) is 23.9 Å². The molecular weight excluding hydrogens is 453 g/mol. The van der Waals surface area contributed by atoms with Crippen molar-refractivity contribution in [3.8, 4) is 11.1 Å². The minimum atomic E-state index is -0.627. The molecule has 0 bridgehead atoms. The molecule has 188 valence electrons. The predicted molar refractivity (Wildman–Crippen MR) is 140 cm³/mol. The first-order valence-corrected chi connectivity index (χ1v) is 13.1. The lowest BCUT2D eigenvalue weighted by molar-refractivity contribution is -0.128. The number of amidine groups is 1. The van der Waals surface area contributed by atoms with Crippen LogP contribution >= 0.6 is 0 Å². The number of aryl methyl sites for hydroxylation is 1. The molecule has 36 heavy (non-hydrogen) atoms. The summed E-state index contributed by atoms with van der Waals surface area (Å²) in [5.74, 6) is 0.584. The number of hydrogen-bond donors (Lipinski definition) is 1. The second-order valence-corrected chi connectivity index (χ2v) is 11.6. The quantitative estimate of drug-likeness (QED) is 0.568. The van der Waals surface area contributed by atoms with Crippen LogP contribution in [0.5, 0.6) is 0 Å². The molecule has 1 spiro atoms. The lowest BCUT2D eigenvalue weighted by atomic mass is 10.0. The van der Waals surface area contributed by atoms with E-state index < -0.39 is 5.54 Å². The maximum atomic E-state index is 15.3. The molecule has 2 aliphatic heterocycles. The number of nitrogens with zero attached hydrogens (tertiary/aromatic N) is 4. The van der Waals surface area contributed by atoms with Crippen molar-refractivity contribution in [1.29, 1.82) is 0 Å². The van der Waals surface area contributed by atoms with Crippen LogP contribution in [0, 0.1) is 17.2 Å². The zero-order valence-electron chi connectivity index (χ0n) is 21.4. The maximum Gasteiger partial charge on any atom is 0.256 e. The van der Waals surface area contributed by atoms with E-state index in [0.717, 1.165) is 59.8 Å². The Labute approximate surface area is 211 Å². The number of fused-ring (bicyclic) bond motifs is 1. The van der Waals surface area contributed by atoms with Crippen LogP contribution in [0.4, 0.5) is 4.39 Å². The van der Waals surface area contributed by atoms with Crippen LogP contribution in [0.25, 0.3) is 22.0 Å². The van der Waals surface area contributed by atoms with Gasteiger partial charge in [0, 0.05) is 19.0 Å². The first-order valence-electron chi connectivity index (χ1n) is 13.1. The summed E-state index contributed by atoms with van der Waals surface area (Å²) in [5.41, 5.74) is 3.30. The van der Waals surface area contributed by atoms with Gasteiger partial charge in [-0.05, 0) is 91.9 Å². The molecule has 2 aliphatic carbocycles. The van der Waals surface area contributed by atoms with Crippen LogP contribution in [-0.2, 0) is 11.8 Å². The van der Waals surface area contributed by atoms with Crippen molar-refractivity contribution in [1.82, 2.24) is 20.0 Å². The van der Waals surface area contributed by atoms with Crippen LogP contribution in [-0.4, -0.2) is 51.6 Å². The Hall–Kier alpha value is -3.06. The van der Waals surface area contributed by atoms with Gasteiger partial charge in [0.25, 0.3) is 5.91 Å². The highest BCUT2D eigenvalue weighted by atomic mass is 19.1. The molecule has 1 aromatic heterocycles. The van der Waals surface area contributed by atoms with E-state index in [4.69, 9.17) is 4.99 Å². The van der Waals surface area contributed by atoms with E-state index in [1.165, 1.54) is 12.8 Å². The highest BCUT2D eigenvalue weighted by Gasteiger charge is 2.57. The Morgan fingerprint density at radius 2 is 1.81 bits per heavy atom. The number of halogens is 1. The molecule has 1 saturated heterocycles. The third kappa shape index (κ3) is 4.34. The lowest BCUT2D eigenvalue weighted by Crippen LogP contribution is -2.40. The second kappa shape index (κ2) is 8.51. The number of hydrogen-bond acceptors (Lipinski definition) is 4. The van der Waals surface area contributed by atoms with Gasteiger partial charge in [-0.25, -0.2) is 4.39 Å². The van der Waals surface area contributed by atoms with Crippen molar-refractivity contribution in [2.75, 3.05) is 19.6 Å². The van der Waals surface area contributed by atoms with Gasteiger partial charge in [0.05, 0.1) is 17.3 Å². The molecule has 1 atom stereocenters. The third-order valence-electron chi connectivity index (χ3n) is 8.09. The average molecular weight is 488 g/mol. The number of nitrogens with one attached hydrogen (secondary N) is 1. The summed E-state index contributed by atoms with van der Waals surface area (Å²) < 4.78 is 17.2. The molecule has 3 aromatic rings. The number of amides is 1. The van der Waals surface area contributed by atoms with Gasteiger partial charge >= 0.3 is 0 Å². The first-order chi connectivity index (χ1) is 17.2. The molecule has 2 aromatic carbocycles. The minimum absolute atomic E-state index is 0.0416. The van der Waals surface area contributed by atoms with Crippen molar-refractivity contribution >= 4 is 22.6 Å². The molecule has 3 heterocycles. The zero-order valence-corrected chi connectivity index (χ0v) is 21.4. The SMILES string of the molecule is CC1(C)CC1.Cn1ncc2cc(-c3ccc(C4=NC5(CC5)C(=O)N4CC4CCNC4)c(F)c3)ccc21. The smallest absolute Gasteiger partial charge is 0.256 e. The molecule has 3 fully saturated rings. The summed E-state index contributed by atoms with van der Waals surface area (Å²) in [6, 6.07) is 11.2. The summed E-state index contributed by atoms with van der Waals surface area (Å²) in [6.45, 7) is 7.06. The van der Waals surface area contributed by atoms with Gasteiger partial charge in [0.2, 0.25) is 0 Å². The largest absolute Gasteiger partial charge is 0.316 e. The van der Waals surface area contributed by atoms with Gasteiger partial charge < -0.3 is 5.32 Å². The predicted octanol–water partition coefficient (Wildman–Crippen LogP) is 4.92. The highest BCUT2D eigenvalue weighted by molar-refractivity contribution is 6.16. The fourth-order valence-corrected chi connectivity index (χ4v) is 5.08. The normalized spacial score (nSPS) is 23.1. The van der Waals surface area contributed by atoms with Gasteiger partial charge in [-0.15, -0.1) is 0 Å². The molecular formula is C29H34FN5O. The van der Waals surface area contributed by atoms with Gasteiger partial charge in [0.15, 0.2) is 0 Å². The Balaban J connectivity index is 0.000000431. The number of benzene rings is 2. The van der Waals surface area contributed by atoms with Gasteiger partial charge in [0.1, 0.15) is 17.2 Å². The molecule has 0 radical (unpaired) electrons.